The quantitative estimate of drug-likeness (QED) is 0.856. The molecule has 1 atom stereocenters. The van der Waals surface area contributed by atoms with Gasteiger partial charge in [0.15, 0.2) is 0 Å². The van der Waals surface area contributed by atoms with E-state index in [2.05, 4.69) is 10.5 Å². The smallest absolute Gasteiger partial charge is 0.290 e. The van der Waals surface area contributed by atoms with Crippen molar-refractivity contribution in [3.8, 4) is 0 Å². The van der Waals surface area contributed by atoms with Crippen molar-refractivity contribution in [1.29, 1.82) is 0 Å². The van der Waals surface area contributed by atoms with E-state index in [0.29, 0.717) is 5.69 Å². The van der Waals surface area contributed by atoms with Gasteiger partial charge in [0.2, 0.25) is 5.76 Å². The van der Waals surface area contributed by atoms with Gasteiger partial charge in [0.25, 0.3) is 5.91 Å². The zero-order valence-corrected chi connectivity index (χ0v) is 9.96. The van der Waals surface area contributed by atoms with Gasteiger partial charge < -0.3 is 14.9 Å². The lowest BCUT2D eigenvalue weighted by atomic mass is 10.1. The average molecular weight is 246 g/mol. The van der Waals surface area contributed by atoms with Crippen molar-refractivity contribution in [2.75, 3.05) is 6.54 Å². The second-order valence-corrected chi connectivity index (χ2v) is 3.97. The molecule has 1 unspecified atom stereocenters. The maximum Gasteiger partial charge on any atom is 0.290 e. The van der Waals surface area contributed by atoms with Crippen LogP contribution in [0.25, 0.3) is 0 Å². The number of hydrogen-bond donors (Lipinski definition) is 2. The summed E-state index contributed by atoms with van der Waals surface area (Å²) in [5, 5.41) is 16.1. The Balaban J connectivity index is 1.90. The molecule has 0 aliphatic rings. The Hall–Kier alpha value is -2.14. The third-order valence-electron chi connectivity index (χ3n) is 2.49. The molecule has 0 bridgehead atoms. The van der Waals surface area contributed by atoms with E-state index in [4.69, 9.17) is 4.52 Å². The lowest BCUT2D eigenvalue weighted by Gasteiger charge is -2.10. The highest BCUT2D eigenvalue weighted by atomic mass is 16.5. The number of nitrogens with zero attached hydrogens (tertiary/aromatic N) is 1. The van der Waals surface area contributed by atoms with Crippen LogP contribution in [-0.4, -0.2) is 22.7 Å². The Bertz CT molecular complexity index is 522. The third-order valence-corrected chi connectivity index (χ3v) is 2.49. The number of carbonyl (C=O) groups is 1. The van der Waals surface area contributed by atoms with Gasteiger partial charge in [-0.2, -0.15) is 0 Å². The van der Waals surface area contributed by atoms with Gasteiger partial charge in [-0.25, -0.2) is 0 Å². The van der Waals surface area contributed by atoms with Crippen LogP contribution in [0, 0.1) is 6.92 Å². The van der Waals surface area contributed by atoms with Crippen molar-refractivity contribution in [1.82, 2.24) is 10.5 Å². The molecule has 0 saturated heterocycles. The van der Waals surface area contributed by atoms with E-state index < -0.39 is 6.10 Å². The lowest BCUT2D eigenvalue weighted by molar-refractivity contribution is 0.0880. The van der Waals surface area contributed by atoms with Crippen LogP contribution < -0.4 is 5.32 Å². The minimum atomic E-state index is -0.737. The topological polar surface area (TPSA) is 75.4 Å². The van der Waals surface area contributed by atoms with Crippen molar-refractivity contribution in [2.24, 2.45) is 0 Å². The molecule has 1 amide bonds. The number of rotatable bonds is 4. The molecule has 0 fully saturated rings. The first kappa shape index (κ1) is 12.3. The molecule has 5 nitrogen and oxygen atoms in total. The van der Waals surface area contributed by atoms with Crippen LogP contribution >= 0.6 is 0 Å². The van der Waals surface area contributed by atoms with Gasteiger partial charge in [-0.3, -0.25) is 4.79 Å². The van der Waals surface area contributed by atoms with E-state index in [1.807, 2.05) is 18.2 Å². The van der Waals surface area contributed by atoms with Crippen LogP contribution in [0.5, 0.6) is 0 Å². The molecular formula is C13H14N2O3. The molecular weight excluding hydrogens is 232 g/mol. The van der Waals surface area contributed by atoms with E-state index >= 15 is 0 Å². The normalized spacial score (nSPS) is 12.1. The van der Waals surface area contributed by atoms with E-state index in [-0.39, 0.29) is 18.2 Å². The predicted octanol–water partition coefficient (Wildman–Crippen LogP) is 1.45. The number of aliphatic hydroxyl groups excluding tert-OH is 1. The molecule has 0 saturated carbocycles. The molecule has 94 valence electrons. The van der Waals surface area contributed by atoms with Crippen LogP contribution in [-0.2, 0) is 0 Å². The molecule has 5 heteroatoms. The van der Waals surface area contributed by atoms with Crippen LogP contribution in [0.1, 0.15) is 27.9 Å². The van der Waals surface area contributed by atoms with Crippen molar-refractivity contribution in [3.05, 3.63) is 53.4 Å². The van der Waals surface area contributed by atoms with Gasteiger partial charge in [0.05, 0.1) is 11.8 Å². The first-order valence-corrected chi connectivity index (χ1v) is 5.61. The number of nitrogens with one attached hydrogen (secondary N) is 1. The Morgan fingerprint density at radius 1 is 1.44 bits per heavy atom. The Morgan fingerprint density at radius 3 is 2.78 bits per heavy atom. The zero-order valence-electron chi connectivity index (χ0n) is 9.96. The fourth-order valence-electron chi connectivity index (χ4n) is 1.54. The fraction of sp³-hybridized carbons (Fsp3) is 0.231. The van der Waals surface area contributed by atoms with E-state index in [9.17, 15) is 9.90 Å². The number of amides is 1. The summed E-state index contributed by atoms with van der Waals surface area (Å²) in [7, 11) is 0. The number of carbonyl (C=O) groups excluding carboxylic acids is 1. The van der Waals surface area contributed by atoms with Crippen molar-refractivity contribution >= 4 is 5.91 Å². The first-order valence-electron chi connectivity index (χ1n) is 5.61. The number of aliphatic hydroxyl groups is 1. The maximum atomic E-state index is 11.6. The van der Waals surface area contributed by atoms with E-state index in [0.717, 1.165) is 5.56 Å². The van der Waals surface area contributed by atoms with Gasteiger partial charge in [-0.05, 0) is 12.5 Å². The highest BCUT2D eigenvalue weighted by Crippen LogP contribution is 2.11. The summed E-state index contributed by atoms with van der Waals surface area (Å²) in [6.07, 6.45) is -0.737. The number of hydrogen-bond acceptors (Lipinski definition) is 4. The monoisotopic (exact) mass is 246 g/mol. The Morgan fingerprint density at radius 2 is 2.17 bits per heavy atom. The summed E-state index contributed by atoms with van der Waals surface area (Å²) in [5.74, 6) is -0.238. The molecule has 0 aliphatic carbocycles. The van der Waals surface area contributed by atoms with Crippen LogP contribution in [0.2, 0.25) is 0 Å². The molecule has 2 N–H and O–H groups in total. The van der Waals surface area contributed by atoms with Gasteiger partial charge >= 0.3 is 0 Å². The second-order valence-electron chi connectivity index (χ2n) is 3.97. The summed E-state index contributed by atoms with van der Waals surface area (Å²) in [6.45, 7) is 1.86. The molecule has 0 aliphatic heterocycles. The largest absolute Gasteiger partial charge is 0.387 e. The fourth-order valence-corrected chi connectivity index (χ4v) is 1.54. The van der Waals surface area contributed by atoms with Gasteiger partial charge in [-0.1, -0.05) is 35.5 Å². The zero-order chi connectivity index (χ0) is 13.0. The SMILES string of the molecule is Cc1cc(C(=O)NCC(O)c2ccccc2)on1. The van der Waals surface area contributed by atoms with Crippen LogP contribution in [0.15, 0.2) is 40.9 Å². The van der Waals surface area contributed by atoms with Crippen LogP contribution in [0.3, 0.4) is 0 Å². The molecule has 1 heterocycles. The van der Waals surface area contributed by atoms with Crippen molar-refractivity contribution in [3.63, 3.8) is 0 Å². The average Bonchev–Trinajstić information content (AvgIpc) is 2.83. The summed E-state index contributed by atoms with van der Waals surface area (Å²) in [6, 6.07) is 10.7. The van der Waals surface area contributed by atoms with Crippen molar-refractivity contribution < 1.29 is 14.4 Å². The lowest BCUT2D eigenvalue weighted by Crippen LogP contribution is -2.28. The maximum absolute atomic E-state index is 11.6. The predicted molar refractivity (Wildman–Crippen MR) is 65.0 cm³/mol. The number of aryl methyl sites for hydroxylation is 1. The van der Waals surface area contributed by atoms with Gasteiger partial charge in [0.1, 0.15) is 0 Å². The van der Waals surface area contributed by atoms with Crippen LogP contribution in [0.4, 0.5) is 0 Å². The summed E-state index contributed by atoms with van der Waals surface area (Å²) in [4.78, 5) is 11.6. The first-order chi connectivity index (χ1) is 8.66. The van der Waals surface area contributed by atoms with E-state index in [1.54, 1.807) is 25.1 Å². The van der Waals surface area contributed by atoms with Gasteiger partial charge in [0, 0.05) is 12.6 Å². The Labute approximate surface area is 104 Å². The molecule has 2 aromatic rings. The Kier molecular flexibility index (Phi) is 3.74. The van der Waals surface area contributed by atoms with Gasteiger partial charge in [-0.15, -0.1) is 0 Å². The minimum Gasteiger partial charge on any atom is -0.387 e. The molecule has 2 rings (SSSR count). The molecule has 0 radical (unpaired) electrons. The van der Waals surface area contributed by atoms with Crippen molar-refractivity contribution in [2.45, 2.75) is 13.0 Å². The highest BCUT2D eigenvalue weighted by molar-refractivity contribution is 5.91. The molecule has 1 aromatic heterocycles. The standard InChI is InChI=1S/C13H14N2O3/c1-9-7-12(18-15-9)13(17)14-8-11(16)10-5-3-2-4-6-10/h2-7,11,16H,8H2,1H3,(H,14,17). The molecule has 1 aromatic carbocycles. The number of benzene rings is 1. The summed E-state index contributed by atoms with van der Waals surface area (Å²) >= 11 is 0. The van der Waals surface area contributed by atoms with E-state index in [1.165, 1.54) is 0 Å². The molecule has 0 spiro atoms. The molecule has 18 heavy (non-hydrogen) atoms. The third kappa shape index (κ3) is 2.95. The summed E-state index contributed by atoms with van der Waals surface area (Å²) < 4.78 is 4.82. The minimum absolute atomic E-state index is 0.128. The number of aromatic nitrogens is 1. The second kappa shape index (κ2) is 5.46. The highest BCUT2D eigenvalue weighted by Gasteiger charge is 2.13. The summed E-state index contributed by atoms with van der Waals surface area (Å²) in [5.41, 5.74) is 1.40.